The fraction of sp³-hybridized carbons (Fsp3) is 0.238. The van der Waals surface area contributed by atoms with E-state index in [0.717, 1.165) is 34.3 Å². The van der Waals surface area contributed by atoms with Gasteiger partial charge in [-0.15, -0.1) is 11.3 Å². The topological polar surface area (TPSA) is 46.5 Å². The van der Waals surface area contributed by atoms with Crippen molar-refractivity contribution in [3.05, 3.63) is 65.0 Å². The SMILES string of the molecule is Cc1ccc(-c2csc(N/N=C\c3ccc(OCC(C)C)cc3)n2)cc1. The van der Waals surface area contributed by atoms with Crippen molar-refractivity contribution in [2.24, 2.45) is 11.0 Å². The summed E-state index contributed by atoms with van der Waals surface area (Å²) in [5, 5.41) is 7.07. The highest BCUT2D eigenvalue weighted by Gasteiger charge is 2.03. The van der Waals surface area contributed by atoms with E-state index >= 15 is 0 Å². The van der Waals surface area contributed by atoms with Gasteiger partial charge in [-0.2, -0.15) is 5.10 Å². The second-order valence-corrected chi connectivity index (χ2v) is 7.41. The number of hydrogen-bond acceptors (Lipinski definition) is 5. The fourth-order valence-corrected chi connectivity index (χ4v) is 2.93. The predicted octanol–water partition coefficient (Wildman–Crippen LogP) is 5.60. The molecule has 4 nitrogen and oxygen atoms in total. The van der Waals surface area contributed by atoms with E-state index in [2.05, 4.69) is 60.5 Å². The van der Waals surface area contributed by atoms with Crippen molar-refractivity contribution in [2.75, 3.05) is 12.0 Å². The molecule has 0 aliphatic rings. The van der Waals surface area contributed by atoms with Crippen LogP contribution in [0.25, 0.3) is 11.3 Å². The number of nitrogens with zero attached hydrogens (tertiary/aromatic N) is 2. The zero-order chi connectivity index (χ0) is 18.4. The molecule has 26 heavy (non-hydrogen) atoms. The van der Waals surface area contributed by atoms with E-state index in [1.165, 1.54) is 16.9 Å². The molecule has 0 fully saturated rings. The molecule has 0 saturated carbocycles. The molecule has 0 amide bonds. The zero-order valence-corrected chi connectivity index (χ0v) is 16.1. The third kappa shape index (κ3) is 5.17. The second-order valence-electron chi connectivity index (χ2n) is 6.55. The Balaban J connectivity index is 1.56. The lowest BCUT2D eigenvalue weighted by Gasteiger charge is -2.08. The van der Waals surface area contributed by atoms with Crippen LogP contribution in [0, 0.1) is 12.8 Å². The highest BCUT2D eigenvalue weighted by atomic mass is 32.1. The molecule has 1 heterocycles. The van der Waals surface area contributed by atoms with E-state index in [0.29, 0.717) is 5.92 Å². The molecular weight excluding hydrogens is 342 g/mol. The van der Waals surface area contributed by atoms with E-state index in [9.17, 15) is 0 Å². The van der Waals surface area contributed by atoms with Gasteiger partial charge in [0.25, 0.3) is 0 Å². The van der Waals surface area contributed by atoms with Crippen LogP contribution < -0.4 is 10.2 Å². The molecule has 0 unspecified atom stereocenters. The van der Waals surface area contributed by atoms with Gasteiger partial charge in [0.05, 0.1) is 18.5 Å². The minimum Gasteiger partial charge on any atom is -0.493 e. The van der Waals surface area contributed by atoms with Crippen molar-refractivity contribution < 1.29 is 4.74 Å². The lowest BCUT2D eigenvalue weighted by Crippen LogP contribution is -2.04. The van der Waals surface area contributed by atoms with Gasteiger partial charge in [-0.3, -0.25) is 5.43 Å². The number of ether oxygens (including phenoxy) is 1. The molecule has 5 heteroatoms. The molecule has 0 spiro atoms. The normalized spacial score (nSPS) is 11.2. The third-order valence-electron chi connectivity index (χ3n) is 3.69. The lowest BCUT2D eigenvalue weighted by atomic mass is 10.1. The Morgan fingerprint density at radius 1 is 1.12 bits per heavy atom. The van der Waals surface area contributed by atoms with Gasteiger partial charge in [-0.25, -0.2) is 4.98 Å². The van der Waals surface area contributed by atoms with Crippen LogP contribution in [0.4, 0.5) is 5.13 Å². The largest absolute Gasteiger partial charge is 0.493 e. The highest BCUT2D eigenvalue weighted by Crippen LogP contribution is 2.25. The van der Waals surface area contributed by atoms with Gasteiger partial charge in [0.2, 0.25) is 5.13 Å². The number of rotatable bonds is 7. The molecule has 1 aromatic heterocycles. The molecule has 0 radical (unpaired) electrons. The summed E-state index contributed by atoms with van der Waals surface area (Å²) >= 11 is 1.54. The van der Waals surface area contributed by atoms with Crippen LogP contribution in [0.5, 0.6) is 5.75 Å². The summed E-state index contributed by atoms with van der Waals surface area (Å²) in [6.45, 7) is 7.07. The van der Waals surface area contributed by atoms with Crippen molar-refractivity contribution in [1.29, 1.82) is 0 Å². The molecule has 2 aromatic carbocycles. The number of hydrazone groups is 1. The van der Waals surface area contributed by atoms with Crippen LogP contribution in [-0.2, 0) is 0 Å². The Morgan fingerprint density at radius 2 is 1.85 bits per heavy atom. The van der Waals surface area contributed by atoms with Crippen LogP contribution in [0.15, 0.2) is 59.0 Å². The molecule has 134 valence electrons. The summed E-state index contributed by atoms with van der Waals surface area (Å²) in [7, 11) is 0. The Kier molecular flexibility index (Phi) is 6.02. The average molecular weight is 366 g/mol. The number of hydrogen-bond donors (Lipinski definition) is 1. The van der Waals surface area contributed by atoms with Crippen LogP contribution in [0.3, 0.4) is 0 Å². The summed E-state index contributed by atoms with van der Waals surface area (Å²) in [5.41, 5.74) is 7.31. The Labute approximate surface area is 158 Å². The van der Waals surface area contributed by atoms with Gasteiger partial charge >= 0.3 is 0 Å². The van der Waals surface area contributed by atoms with Crippen molar-refractivity contribution in [3.63, 3.8) is 0 Å². The molecule has 0 aliphatic carbocycles. The number of benzene rings is 2. The van der Waals surface area contributed by atoms with Crippen LogP contribution in [0.1, 0.15) is 25.0 Å². The maximum absolute atomic E-state index is 5.68. The summed E-state index contributed by atoms with van der Waals surface area (Å²) in [5.74, 6) is 1.40. The molecule has 0 bridgehead atoms. The minimum absolute atomic E-state index is 0.517. The molecule has 0 aliphatic heterocycles. The highest BCUT2D eigenvalue weighted by molar-refractivity contribution is 7.14. The summed E-state index contributed by atoms with van der Waals surface area (Å²) in [6.07, 6.45) is 1.78. The first-order chi connectivity index (χ1) is 12.6. The number of anilines is 1. The van der Waals surface area contributed by atoms with Gasteiger partial charge in [0, 0.05) is 10.9 Å². The number of nitrogens with one attached hydrogen (secondary N) is 1. The van der Waals surface area contributed by atoms with Crippen LogP contribution >= 0.6 is 11.3 Å². The van der Waals surface area contributed by atoms with Gasteiger partial charge in [0.15, 0.2) is 0 Å². The number of thiazole rings is 1. The number of aryl methyl sites for hydroxylation is 1. The molecule has 0 saturated heterocycles. The summed E-state index contributed by atoms with van der Waals surface area (Å²) in [4.78, 5) is 4.57. The smallest absolute Gasteiger partial charge is 0.203 e. The zero-order valence-electron chi connectivity index (χ0n) is 15.3. The Hall–Kier alpha value is -2.66. The van der Waals surface area contributed by atoms with E-state index in [1.54, 1.807) is 6.21 Å². The van der Waals surface area contributed by atoms with E-state index in [-0.39, 0.29) is 0 Å². The maximum Gasteiger partial charge on any atom is 0.203 e. The van der Waals surface area contributed by atoms with E-state index in [1.807, 2.05) is 29.6 Å². The summed E-state index contributed by atoms with van der Waals surface area (Å²) < 4.78 is 5.68. The van der Waals surface area contributed by atoms with Crippen LogP contribution in [0.2, 0.25) is 0 Å². The molecule has 3 rings (SSSR count). The lowest BCUT2D eigenvalue weighted by molar-refractivity contribution is 0.271. The van der Waals surface area contributed by atoms with Crippen molar-refractivity contribution in [1.82, 2.24) is 4.98 Å². The van der Waals surface area contributed by atoms with Gasteiger partial charge in [-0.05, 0) is 42.7 Å². The van der Waals surface area contributed by atoms with Crippen molar-refractivity contribution in [3.8, 4) is 17.0 Å². The van der Waals surface area contributed by atoms with Crippen molar-refractivity contribution in [2.45, 2.75) is 20.8 Å². The van der Waals surface area contributed by atoms with Crippen LogP contribution in [-0.4, -0.2) is 17.8 Å². The summed E-state index contributed by atoms with van der Waals surface area (Å²) in [6, 6.07) is 16.2. The maximum atomic E-state index is 5.68. The first-order valence-corrected chi connectivity index (χ1v) is 9.52. The molecular formula is C21H23N3OS. The minimum atomic E-state index is 0.517. The first-order valence-electron chi connectivity index (χ1n) is 8.64. The van der Waals surface area contributed by atoms with E-state index < -0.39 is 0 Å². The quantitative estimate of drug-likeness (QED) is 0.438. The second kappa shape index (κ2) is 8.63. The monoisotopic (exact) mass is 365 g/mol. The molecule has 1 N–H and O–H groups in total. The van der Waals surface area contributed by atoms with E-state index in [4.69, 9.17) is 4.74 Å². The standard InChI is InChI=1S/C21H23N3OS/c1-15(2)13-25-19-10-6-17(7-11-19)12-22-24-21-23-20(14-26-21)18-8-4-16(3)5-9-18/h4-12,14-15H,13H2,1-3H3,(H,23,24)/b22-12-. The molecule has 0 atom stereocenters. The third-order valence-corrected chi connectivity index (χ3v) is 4.44. The van der Waals surface area contributed by atoms with Crippen molar-refractivity contribution >= 4 is 22.7 Å². The molecule has 3 aromatic rings. The Bertz CT molecular complexity index is 852. The van der Waals surface area contributed by atoms with Gasteiger partial charge < -0.3 is 4.74 Å². The first kappa shape index (κ1) is 18.1. The predicted molar refractivity (Wildman–Crippen MR) is 110 cm³/mol. The number of aromatic nitrogens is 1. The van der Waals surface area contributed by atoms with Gasteiger partial charge in [0.1, 0.15) is 5.75 Å². The fourth-order valence-electron chi connectivity index (χ4n) is 2.26. The van der Waals surface area contributed by atoms with Gasteiger partial charge in [-0.1, -0.05) is 43.7 Å². The average Bonchev–Trinajstić information content (AvgIpc) is 3.10. The Morgan fingerprint density at radius 3 is 2.54 bits per heavy atom.